The molecule has 246 valence electrons. The molecule has 1 aromatic heterocycles. The molecule has 4 heteroatoms. The van der Waals surface area contributed by atoms with Crippen LogP contribution in [0.4, 0.5) is 34.1 Å². The van der Waals surface area contributed by atoms with Crippen molar-refractivity contribution >= 4 is 79.8 Å². The standard InChI is InChI=1S/C40H31N3Se.C3H8.C2H6/c1-40(2)30-18-10-11-19-32(30)42(26-14-6-4-7-15-26)36-22-28-29-23-39-37(25-35(29)41(3)34(28)24-31(36)40)43(27-16-8-5-9-17-27)33-20-12-13-21-38(33)44-39;1-3-2;1-2/h4-25H,1-3H3;3H2,1-2H3;1-2H3. The molecule has 0 radical (unpaired) electrons. The van der Waals surface area contributed by atoms with Crippen molar-refractivity contribution in [2.24, 2.45) is 7.05 Å². The van der Waals surface area contributed by atoms with Crippen LogP contribution in [0.1, 0.15) is 59.1 Å². The van der Waals surface area contributed by atoms with Crippen LogP contribution in [-0.2, 0) is 12.5 Å². The van der Waals surface area contributed by atoms with Crippen LogP contribution in [0.25, 0.3) is 21.8 Å². The van der Waals surface area contributed by atoms with Crippen LogP contribution < -0.4 is 18.7 Å². The van der Waals surface area contributed by atoms with E-state index in [4.69, 9.17) is 0 Å². The predicted molar refractivity (Wildman–Crippen MR) is 214 cm³/mol. The van der Waals surface area contributed by atoms with Gasteiger partial charge in [-0.2, -0.15) is 0 Å². The second-order valence-electron chi connectivity index (χ2n) is 13.0. The van der Waals surface area contributed by atoms with Crippen molar-refractivity contribution in [3.8, 4) is 0 Å². The van der Waals surface area contributed by atoms with Gasteiger partial charge in [-0.05, 0) is 0 Å². The van der Waals surface area contributed by atoms with Crippen molar-refractivity contribution in [2.75, 3.05) is 9.80 Å². The van der Waals surface area contributed by atoms with Crippen LogP contribution in [0, 0.1) is 0 Å². The molecule has 0 spiro atoms. The monoisotopic (exact) mass is 707 g/mol. The van der Waals surface area contributed by atoms with E-state index in [2.05, 4.69) is 183 Å². The normalized spacial score (nSPS) is 13.7. The summed E-state index contributed by atoms with van der Waals surface area (Å²) in [5.74, 6) is 0. The number of benzene rings is 6. The van der Waals surface area contributed by atoms with Gasteiger partial charge in [-0.15, -0.1) is 0 Å². The second kappa shape index (κ2) is 13.3. The Labute approximate surface area is 298 Å². The van der Waals surface area contributed by atoms with E-state index in [9.17, 15) is 0 Å². The van der Waals surface area contributed by atoms with Gasteiger partial charge >= 0.3 is 265 Å². The molecule has 0 bridgehead atoms. The van der Waals surface area contributed by atoms with Gasteiger partial charge < -0.3 is 0 Å². The Morgan fingerprint density at radius 1 is 0.510 bits per heavy atom. The Morgan fingerprint density at radius 2 is 1.02 bits per heavy atom. The Morgan fingerprint density at radius 3 is 1.67 bits per heavy atom. The summed E-state index contributed by atoms with van der Waals surface area (Å²) < 4.78 is 5.25. The molecule has 7 aromatic rings. The summed E-state index contributed by atoms with van der Waals surface area (Å²) in [4.78, 5) is 4.92. The Hall–Kier alpha value is -4.76. The molecule has 2 aliphatic rings. The van der Waals surface area contributed by atoms with Crippen LogP contribution in [0.15, 0.2) is 133 Å². The third-order valence-electron chi connectivity index (χ3n) is 9.53. The molecule has 0 aliphatic carbocycles. The molecule has 0 N–H and O–H groups in total. The summed E-state index contributed by atoms with van der Waals surface area (Å²) in [7, 11) is 2.23. The molecule has 3 nitrogen and oxygen atoms in total. The number of nitrogens with zero attached hydrogens (tertiary/aromatic N) is 3. The summed E-state index contributed by atoms with van der Waals surface area (Å²) in [5, 5.41) is 2.63. The average molecular weight is 707 g/mol. The van der Waals surface area contributed by atoms with Crippen LogP contribution in [-0.4, -0.2) is 19.5 Å². The van der Waals surface area contributed by atoms with E-state index in [0.29, 0.717) is 0 Å². The molecule has 49 heavy (non-hydrogen) atoms. The molecule has 0 fully saturated rings. The minimum atomic E-state index is -0.143. The van der Waals surface area contributed by atoms with Crippen LogP contribution in [0.2, 0.25) is 0 Å². The van der Waals surface area contributed by atoms with Gasteiger partial charge in [-0.1, -0.05) is 34.1 Å². The third kappa shape index (κ3) is 5.35. The van der Waals surface area contributed by atoms with E-state index >= 15 is 0 Å². The molecule has 6 aromatic carbocycles. The second-order valence-corrected chi connectivity index (χ2v) is 15.3. The number of anilines is 6. The first-order valence-electron chi connectivity index (χ1n) is 17.6. The summed E-state index contributed by atoms with van der Waals surface area (Å²) in [6.07, 6.45) is 1.25. The number of rotatable bonds is 2. The zero-order chi connectivity index (χ0) is 34.3. The topological polar surface area (TPSA) is 11.4 Å². The predicted octanol–water partition coefficient (Wildman–Crippen LogP) is 11.3. The first kappa shape index (κ1) is 32.8. The first-order chi connectivity index (χ1) is 23.9. The maximum absolute atomic E-state index is 2.49. The molecule has 0 unspecified atom stereocenters. The van der Waals surface area contributed by atoms with E-state index in [1.54, 1.807) is 0 Å². The molecule has 0 amide bonds. The van der Waals surface area contributed by atoms with Gasteiger partial charge in [0.05, 0.1) is 0 Å². The zero-order valence-corrected chi connectivity index (χ0v) is 31.4. The van der Waals surface area contributed by atoms with Gasteiger partial charge in [-0.25, -0.2) is 0 Å². The third-order valence-corrected chi connectivity index (χ3v) is 11.9. The molecule has 9 rings (SSSR count). The summed E-state index contributed by atoms with van der Waals surface area (Å²) in [6.45, 7) is 13.0. The molecular formula is C45H45N3Se. The van der Waals surface area contributed by atoms with Crippen molar-refractivity contribution < 1.29 is 0 Å². The molecule has 0 saturated heterocycles. The van der Waals surface area contributed by atoms with Crippen molar-refractivity contribution in [2.45, 2.75) is 53.4 Å². The van der Waals surface area contributed by atoms with Gasteiger partial charge in [0.15, 0.2) is 0 Å². The van der Waals surface area contributed by atoms with E-state index in [0.717, 1.165) is 0 Å². The van der Waals surface area contributed by atoms with Gasteiger partial charge in [0.2, 0.25) is 0 Å². The fourth-order valence-corrected chi connectivity index (χ4v) is 9.62. The number of para-hydroxylation sites is 4. The Bertz CT molecular complexity index is 2270. The van der Waals surface area contributed by atoms with Crippen molar-refractivity contribution in [3.63, 3.8) is 0 Å². The Balaban J connectivity index is 0.000000719. The number of hydrogen-bond donors (Lipinski definition) is 0. The molecular weight excluding hydrogens is 661 g/mol. The van der Waals surface area contributed by atoms with E-state index in [1.807, 2.05) is 13.8 Å². The van der Waals surface area contributed by atoms with Crippen molar-refractivity contribution in [1.29, 1.82) is 0 Å². The summed E-state index contributed by atoms with van der Waals surface area (Å²) >= 11 is 0.207. The quantitative estimate of drug-likeness (QED) is 0.166. The van der Waals surface area contributed by atoms with E-state index in [-0.39, 0.29) is 20.4 Å². The van der Waals surface area contributed by atoms with Crippen molar-refractivity contribution in [1.82, 2.24) is 4.57 Å². The molecule has 2 aliphatic heterocycles. The first-order valence-corrected chi connectivity index (χ1v) is 19.3. The summed E-state index contributed by atoms with van der Waals surface area (Å²) in [6, 6.07) is 49.3. The number of aryl methyl sites for hydroxylation is 1. The number of hydrogen-bond acceptors (Lipinski definition) is 2. The van der Waals surface area contributed by atoms with E-state index in [1.165, 1.54) is 82.4 Å². The zero-order valence-electron chi connectivity index (χ0n) is 29.7. The van der Waals surface area contributed by atoms with Gasteiger partial charge in [0.1, 0.15) is 0 Å². The average Bonchev–Trinajstić information content (AvgIpc) is 3.40. The number of fused-ring (bicyclic) bond motifs is 7. The fraction of sp³-hybridized carbons (Fsp3) is 0.200. The fourth-order valence-electron chi connectivity index (χ4n) is 7.35. The molecule has 0 saturated carbocycles. The number of aromatic nitrogens is 1. The summed E-state index contributed by atoms with van der Waals surface area (Å²) in [5.41, 5.74) is 12.6. The van der Waals surface area contributed by atoms with Gasteiger partial charge in [0, 0.05) is 0 Å². The van der Waals surface area contributed by atoms with E-state index < -0.39 is 0 Å². The SMILES string of the molecule is CC.CCC.Cn1c2cc3c(cc2c2cc4c(cc21)C(C)(C)c1ccccc1N4c1ccccc1)[Se]c1ccccc1N3c1ccccc1. The Kier molecular flexibility index (Phi) is 8.88. The van der Waals surface area contributed by atoms with Crippen LogP contribution >= 0.6 is 0 Å². The molecule has 3 heterocycles. The van der Waals surface area contributed by atoms with Gasteiger partial charge in [-0.3, -0.25) is 0 Å². The maximum atomic E-state index is 2.49. The van der Waals surface area contributed by atoms with Crippen LogP contribution in [0.3, 0.4) is 0 Å². The minimum absolute atomic E-state index is 0.143. The van der Waals surface area contributed by atoms with Gasteiger partial charge in [0.25, 0.3) is 0 Å². The molecule has 0 atom stereocenters. The van der Waals surface area contributed by atoms with Crippen molar-refractivity contribution in [3.05, 3.63) is 145 Å². The van der Waals surface area contributed by atoms with Crippen LogP contribution in [0.5, 0.6) is 0 Å².